The summed E-state index contributed by atoms with van der Waals surface area (Å²) in [5.41, 5.74) is 1.83. The molecule has 1 aromatic heterocycles. The Labute approximate surface area is 179 Å². The van der Waals surface area contributed by atoms with Crippen molar-refractivity contribution in [1.82, 2.24) is 20.1 Å². The van der Waals surface area contributed by atoms with Crippen LogP contribution < -0.4 is 10.1 Å². The van der Waals surface area contributed by atoms with E-state index in [0.29, 0.717) is 23.3 Å². The molecule has 1 atom stereocenters. The predicted octanol–water partition coefficient (Wildman–Crippen LogP) is 4.42. The summed E-state index contributed by atoms with van der Waals surface area (Å²) >= 11 is 7.49. The fourth-order valence-electron chi connectivity index (χ4n) is 2.89. The van der Waals surface area contributed by atoms with Crippen LogP contribution in [0.2, 0.25) is 5.02 Å². The number of nitrogens with zero attached hydrogens (tertiary/aromatic N) is 3. The van der Waals surface area contributed by atoms with Gasteiger partial charge in [0.2, 0.25) is 5.91 Å². The van der Waals surface area contributed by atoms with Crippen LogP contribution in [0.3, 0.4) is 0 Å². The summed E-state index contributed by atoms with van der Waals surface area (Å²) in [6.45, 7) is 4.97. The molecular formula is C21H23ClN4O2S. The number of methoxy groups -OCH3 is 1. The van der Waals surface area contributed by atoms with Crippen molar-refractivity contribution in [3.63, 3.8) is 0 Å². The van der Waals surface area contributed by atoms with E-state index >= 15 is 0 Å². The monoisotopic (exact) mass is 430 g/mol. The third-order valence-corrected chi connectivity index (χ3v) is 5.73. The normalized spacial score (nSPS) is 11.9. The van der Waals surface area contributed by atoms with Gasteiger partial charge in [-0.15, -0.1) is 10.2 Å². The number of nitrogens with one attached hydrogen (secondary N) is 1. The topological polar surface area (TPSA) is 69.0 Å². The Bertz CT molecular complexity index is 992. The minimum absolute atomic E-state index is 0.0733. The molecular weight excluding hydrogens is 408 g/mol. The van der Waals surface area contributed by atoms with Crippen molar-refractivity contribution in [3.8, 4) is 17.1 Å². The van der Waals surface area contributed by atoms with Crippen LogP contribution in [0.15, 0.2) is 53.7 Å². The Hall–Kier alpha value is -2.51. The SMILES string of the molecule is CCn1c(S[C@H](C)C(=O)NCc2ccccc2OC)nnc1-c1cccc(Cl)c1. The van der Waals surface area contributed by atoms with Gasteiger partial charge in [0.05, 0.1) is 12.4 Å². The molecule has 0 saturated carbocycles. The van der Waals surface area contributed by atoms with E-state index in [4.69, 9.17) is 16.3 Å². The van der Waals surface area contributed by atoms with E-state index in [1.807, 2.05) is 66.9 Å². The highest BCUT2D eigenvalue weighted by atomic mass is 35.5. The number of thioether (sulfide) groups is 1. The van der Waals surface area contributed by atoms with Crippen molar-refractivity contribution in [2.24, 2.45) is 0 Å². The quantitative estimate of drug-likeness (QED) is 0.535. The Morgan fingerprint density at radius 3 is 2.76 bits per heavy atom. The Kier molecular flexibility index (Phi) is 7.17. The molecule has 1 amide bonds. The number of halogens is 1. The van der Waals surface area contributed by atoms with E-state index in [9.17, 15) is 4.79 Å². The summed E-state index contributed by atoms with van der Waals surface area (Å²) in [6.07, 6.45) is 0. The highest BCUT2D eigenvalue weighted by Crippen LogP contribution is 2.28. The second-order valence-electron chi connectivity index (χ2n) is 6.35. The van der Waals surface area contributed by atoms with Crippen LogP contribution in [0.25, 0.3) is 11.4 Å². The van der Waals surface area contributed by atoms with E-state index in [0.717, 1.165) is 22.7 Å². The first-order chi connectivity index (χ1) is 14.0. The lowest BCUT2D eigenvalue weighted by molar-refractivity contribution is -0.120. The van der Waals surface area contributed by atoms with Crippen LogP contribution in [0.5, 0.6) is 5.75 Å². The molecule has 0 fully saturated rings. The maximum absolute atomic E-state index is 12.6. The molecule has 29 heavy (non-hydrogen) atoms. The van der Waals surface area contributed by atoms with Gasteiger partial charge in [-0.05, 0) is 32.0 Å². The number of hydrogen-bond donors (Lipinski definition) is 1. The van der Waals surface area contributed by atoms with Crippen LogP contribution in [0.4, 0.5) is 0 Å². The second kappa shape index (κ2) is 9.80. The molecule has 0 radical (unpaired) electrons. The van der Waals surface area contributed by atoms with E-state index in [1.54, 1.807) is 7.11 Å². The number of amides is 1. The van der Waals surface area contributed by atoms with Crippen LogP contribution >= 0.6 is 23.4 Å². The van der Waals surface area contributed by atoms with Crippen LogP contribution in [0.1, 0.15) is 19.4 Å². The molecule has 0 bridgehead atoms. The molecule has 1 heterocycles. The number of rotatable bonds is 8. The number of hydrogen-bond acceptors (Lipinski definition) is 5. The van der Waals surface area contributed by atoms with Crippen molar-refractivity contribution >= 4 is 29.3 Å². The van der Waals surface area contributed by atoms with E-state index in [-0.39, 0.29) is 11.2 Å². The number of ether oxygens (including phenoxy) is 1. The van der Waals surface area contributed by atoms with Gasteiger partial charge >= 0.3 is 0 Å². The fourth-order valence-corrected chi connectivity index (χ4v) is 4.02. The average molecular weight is 431 g/mol. The first-order valence-electron chi connectivity index (χ1n) is 9.28. The number of para-hydroxylation sites is 1. The lowest BCUT2D eigenvalue weighted by Crippen LogP contribution is -2.30. The highest BCUT2D eigenvalue weighted by molar-refractivity contribution is 8.00. The van der Waals surface area contributed by atoms with E-state index in [1.165, 1.54) is 11.8 Å². The molecule has 0 saturated heterocycles. The molecule has 2 aromatic carbocycles. The fraction of sp³-hybridized carbons (Fsp3) is 0.286. The first-order valence-corrected chi connectivity index (χ1v) is 10.5. The van der Waals surface area contributed by atoms with Crippen molar-refractivity contribution < 1.29 is 9.53 Å². The zero-order chi connectivity index (χ0) is 20.8. The summed E-state index contributed by atoms with van der Waals surface area (Å²) in [4.78, 5) is 12.6. The largest absolute Gasteiger partial charge is 0.496 e. The molecule has 0 aliphatic carbocycles. The van der Waals surface area contributed by atoms with Gasteiger partial charge in [-0.1, -0.05) is 53.7 Å². The number of carbonyl (C=O) groups excluding carboxylic acids is 1. The van der Waals surface area contributed by atoms with Crippen molar-refractivity contribution in [2.75, 3.05) is 7.11 Å². The Morgan fingerprint density at radius 1 is 1.24 bits per heavy atom. The predicted molar refractivity (Wildman–Crippen MR) is 116 cm³/mol. The highest BCUT2D eigenvalue weighted by Gasteiger charge is 2.20. The molecule has 3 aromatic rings. The molecule has 3 rings (SSSR count). The zero-order valence-electron chi connectivity index (χ0n) is 16.6. The summed E-state index contributed by atoms with van der Waals surface area (Å²) in [7, 11) is 1.62. The second-order valence-corrected chi connectivity index (χ2v) is 8.09. The Balaban J connectivity index is 1.68. The van der Waals surface area contributed by atoms with E-state index in [2.05, 4.69) is 15.5 Å². The number of carbonyl (C=O) groups is 1. The summed E-state index contributed by atoms with van der Waals surface area (Å²) < 4.78 is 7.32. The standard InChI is InChI=1S/C21H23ClN4O2S/c1-4-26-19(15-9-7-10-17(22)12-15)24-25-21(26)29-14(2)20(27)23-13-16-8-5-6-11-18(16)28-3/h5-12,14H,4,13H2,1-3H3,(H,23,27)/t14-/m1/s1. The summed E-state index contributed by atoms with van der Waals surface area (Å²) in [5.74, 6) is 1.42. The summed E-state index contributed by atoms with van der Waals surface area (Å²) in [6, 6.07) is 15.1. The molecule has 0 aliphatic rings. The Morgan fingerprint density at radius 2 is 2.03 bits per heavy atom. The average Bonchev–Trinajstić information content (AvgIpc) is 3.14. The van der Waals surface area contributed by atoms with Crippen LogP contribution in [-0.4, -0.2) is 33.0 Å². The first kappa shape index (κ1) is 21.2. The van der Waals surface area contributed by atoms with Gasteiger partial charge in [-0.2, -0.15) is 0 Å². The molecule has 0 unspecified atom stereocenters. The molecule has 152 valence electrons. The van der Waals surface area contributed by atoms with Gasteiger partial charge in [0.15, 0.2) is 11.0 Å². The van der Waals surface area contributed by atoms with E-state index < -0.39 is 0 Å². The van der Waals surface area contributed by atoms with Gasteiger partial charge in [-0.3, -0.25) is 4.79 Å². The molecule has 1 N–H and O–H groups in total. The van der Waals surface area contributed by atoms with Crippen LogP contribution in [-0.2, 0) is 17.9 Å². The number of benzene rings is 2. The maximum atomic E-state index is 12.6. The maximum Gasteiger partial charge on any atom is 0.233 e. The van der Waals surface area contributed by atoms with Crippen molar-refractivity contribution in [1.29, 1.82) is 0 Å². The molecule has 8 heteroatoms. The summed E-state index contributed by atoms with van der Waals surface area (Å²) in [5, 5.41) is 12.6. The minimum atomic E-state index is -0.327. The van der Waals surface area contributed by atoms with Gasteiger partial charge in [0.1, 0.15) is 5.75 Å². The van der Waals surface area contributed by atoms with Crippen LogP contribution in [0, 0.1) is 0 Å². The van der Waals surface area contributed by atoms with Gasteiger partial charge in [0, 0.05) is 29.2 Å². The minimum Gasteiger partial charge on any atom is -0.496 e. The zero-order valence-corrected chi connectivity index (χ0v) is 18.1. The smallest absolute Gasteiger partial charge is 0.233 e. The van der Waals surface area contributed by atoms with Gasteiger partial charge < -0.3 is 14.6 Å². The third-order valence-electron chi connectivity index (χ3n) is 4.41. The van der Waals surface area contributed by atoms with Crippen molar-refractivity contribution in [2.45, 2.75) is 37.3 Å². The molecule has 0 aliphatic heterocycles. The third kappa shape index (κ3) is 5.10. The van der Waals surface area contributed by atoms with Gasteiger partial charge in [0.25, 0.3) is 0 Å². The lowest BCUT2D eigenvalue weighted by Gasteiger charge is -2.14. The lowest BCUT2D eigenvalue weighted by atomic mass is 10.2. The van der Waals surface area contributed by atoms with Gasteiger partial charge in [-0.25, -0.2) is 0 Å². The van der Waals surface area contributed by atoms with Crippen molar-refractivity contribution in [3.05, 3.63) is 59.1 Å². The molecule has 6 nitrogen and oxygen atoms in total. The molecule has 0 spiro atoms. The number of aromatic nitrogens is 3.